The Hall–Kier alpha value is -1.00. The molecule has 3 N–H and O–H groups in total. The predicted octanol–water partition coefficient (Wildman–Crippen LogP) is 2.38. The number of hydrogen-bond donors (Lipinski definition) is 2. The number of nitrogens with two attached hydrogens (primary N) is 1. The Kier molecular flexibility index (Phi) is 4.07. The van der Waals surface area contributed by atoms with Gasteiger partial charge in [-0.3, -0.25) is 4.79 Å². The molecule has 1 heterocycles. The van der Waals surface area contributed by atoms with Gasteiger partial charge in [-0.05, 0) is 41.4 Å². The molecule has 3 nitrogen and oxygen atoms in total. The third-order valence-electron chi connectivity index (χ3n) is 3.23. The maximum absolute atomic E-state index is 10.9. The summed E-state index contributed by atoms with van der Waals surface area (Å²) in [6.45, 7) is 0. The Balaban J connectivity index is 2.18. The topological polar surface area (TPSA) is 63.3 Å². The van der Waals surface area contributed by atoms with Gasteiger partial charge in [-0.2, -0.15) is 11.8 Å². The molecule has 0 aliphatic carbocycles. The van der Waals surface area contributed by atoms with Crippen molar-refractivity contribution in [3.05, 3.63) is 35.4 Å². The molecule has 0 saturated carbocycles. The first kappa shape index (κ1) is 12.5. The highest BCUT2D eigenvalue weighted by Gasteiger charge is 2.19. The largest absolute Gasteiger partial charge is 0.480 e. The van der Waals surface area contributed by atoms with E-state index in [0.717, 1.165) is 0 Å². The second-order valence-electron chi connectivity index (χ2n) is 4.37. The van der Waals surface area contributed by atoms with E-state index in [0.29, 0.717) is 11.5 Å². The smallest absolute Gasteiger partial charge is 0.325 e. The number of carboxylic acids is 1. The lowest BCUT2D eigenvalue weighted by Crippen LogP contribution is -2.21. The number of rotatable bonds is 3. The van der Waals surface area contributed by atoms with Gasteiger partial charge in [0.2, 0.25) is 0 Å². The summed E-state index contributed by atoms with van der Waals surface area (Å²) in [4.78, 5) is 10.9. The summed E-state index contributed by atoms with van der Waals surface area (Å²) in [5, 5.41) is 8.91. The Morgan fingerprint density at radius 1 is 1.41 bits per heavy atom. The van der Waals surface area contributed by atoms with Crippen molar-refractivity contribution in [2.24, 2.45) is 5.73 Å². The molecule has 4 heteroatoms. The first-order valence-corrected chi connectivity index (χ1v) is 7.00. The van der Waals surface area contributed by atoms with Crippen molar-refractivity contribution < 1.29 is 9.90 Å². The Morgan fingerprint density at radius 2 is 2.12 bits per heavy atom. The zero-order chi connectivity index (χ0) is 12.3. The van der Waals surface area contributed by atoms with Crippen molar-refractivity contribution >= 4 is 17.7 Å². The molecule has 1 aromatic carbocycles. The second-order valence-corrected chi connectivity index (χ2v) is 5.60. The summed E-state index contributed by atoms with van der Waals surface area (Å²) in [5.41, 5.74) is 7.57. The number of aliphatic carboxylic acids is 1. The molecule has 92 valence electrons. The van der Waals surface area contributed by atoms with E-state index in [1.54, 1.807) is 6.07 Å². The summed E-state index contributed by atoms with van der Waals surface area (Å²) in [6.07, 6.45) is 2.35. The van der Waals surface area contributed by atoms with Crippen LogP contribution in [0.15, 0.2) is 24.3 Å². The number of carbonyl (C=O) groups is 1. The van der Waals surface area contributed by atoms with E-state index in [9.17, 15) is 4.79 Å². The second kappa shape index (κ2) is 5.56. The molecule has 0 radical (unpaired) electrons. The maximum Gasteiger partial charge on any atom is 0.325 e. The van der Waals surface area contributed by atoms with Crippen molar-refractivity contribution in [3.8, 4) is 0 Å². The molecular formula is C13H17NO2S. The van der Waals surface area contributed by atoms with Crippen LogP contribution in [0, 0.1) is 0 Å². The van der Waals surface area contributed by atoms with Gasteiger partial charge in [0, 0.05) is 0 Å². The number of benzene rings is 1. The molecular weight excluding hydrogens is 234 g/mol. The minimum Gasteiger partial charge on any atom is -0.480 e. The Morgan fingerprint density at radius 3 is 2.76 bits per heavy atom. The zero-order valence-corrected chi connectivity index (χ0v) is 10.5. The van der Waals surface area contributed by atoms with E-state index < -0.39 is 12.0 Å². The van der Waals surface area contributed by atoms with Crippen LogP contribution >= 0.6 is 11.8 Å². The van der Waals surface area contributed by atoms with E-state index in [1.165, 1.54) is 29.9 Å². The van der Waals surface area contributed by atoms with Crippen LogP contribution in [0.5, 0.6) is 0 Å². The van der Waals surface area contributed by atoms with Gasteiger partial charge in [-0.1, -0.05) is 24.3 Å². The summed E-state index contributed by atoms with van der Waals surface area (Å²) in [7, 11) is 0. The highest BCUT2D eigenvalue weighted by atomic mass is 32.2. The van der Waals surface area contributed by atoms with Gasteiger partial charge < -0.3 is 10.8 Å². The quantitative estimate of drug-likeness (QED) is 0.865. The van der Waals surface area contributed by atoms with Crippen LogP contribution in [0.3, 0.4) is 0 Å². The van der Waals surface area contributed by atoms with Crippen LogP contribution in [0.25, 0.3) is 0 Å². The highest BCUT2D eigenvalue weighted by Crippen LogP contribution is 2.32. The van der Waals surface area contributed by atoms with Crippen molar-refractivity contribution in [1.82, 2.24) is 0 Å². The van der Waals surface area contributed by atoms with Crippen molar-refractivity contribution in [3.63, 3.8) is 0 Å². The van der Waals surface area contributed by atoms with Crippen LogP contribution in [0.2, 0.25) is 0 Å². The average molecular weight is 251 g/mol. The van der Waals surface area contributed by atoms with Crippen molar-refractivity contribution in [2.75, 3.05) is 11.5 Å². The van der Waals surface area contributed by atoms with Crippen LogP contribution < -0.4 is 5.73 Å². The lowest BCUT2D eigenvalue weighted by Gasteiger charge is -2.22. The fraction of sp³-hybridized carbons (Fsp3) is 0.462. The summed E-state index contributed by atoms with van der Waals surface area (Å²) in [6, 6.07) is 6.83. The normalized spacial score (nSPS) is 18.9. The fourth-order valence-electron chi connectivity index (χ4n) is 2.18. The van der Waals surface area contributed by atoms with E-state index in [1.807, 2.05) is 23.9 Å². The molecule has 1 aliphatic heterocycles. The van der Waals surface area contributed by atoms with Crippen LogP contribution in [0.1, 0.15) is 35.9 Å². The molecule has 17 heavy (non-hydrogen) atoms. The van der Waals surface area contributed by atoms with Gasteiger partial charge in [0.25, 0.3) is 0 Å². The fourth-order valence-corrected chi connectivity index (χ4v) is 3.29. The first-order valence-electron chi connectivity index (χ1n) is 5.84. The van der Waals surface area contributed by atoms with Gasteiger partial charge in [0.1, 0.15) is 6.04 Å². The van der Waals surface area contributed by atoms with Crippen LogP contribution in [0.4, 0.5) is 0 Å². The minimum absolute atomic E-state index is 0.567. The van der Waals surface area contributed by atoms with E-state index >= 15 is 0 Å². The van der Waals surface area contributed by atoms with Crippen LogP contribution in [-0.2, 0) is 4.79 Å². The SMILES string of the molecule is NC(C(=O)O)c1cccc(C2CCSCC2)c1. The maximum atomic E-state index is 10.9. The molecule has 1 atom stereocenters. The van der Waals surface area contributed by atoms with Gasteiger partial charge in [-0.25, -0.2) is 0 Å². The lowest BCUT2D eigenvalue weighted by atomic mass is 9.91. The summed E-state index contributed by atoms with van der Waals surface area (Å²) in [5.74, 6) is 1.98. The van der Waals surface area contributed by atoms with Crippen molar-refractivity contribution in [1.29, 1.82) is 0 Å². The molecule has 1 fully saturated rings. The molecule has 1 aromatic rings. The molecule has 0 aromatic heterocycles. The Bertz CT molecular complexity index is 402. The monoisotopic (exact) mass is 251 g/mol. The lowest BCUT2D eigenvalue weighted by molar-refractivity contribution is -0.138. The predicted molar refractivity (Wildman–Crippen MR) is 70.3 cm³/mol. The Labute approximate surface area is 105 Å². The summed E-state index contributed by atoms with van der Waals surface area (Å²) >= 11 is 1.99. The first-order chi connectivity index (χ1) is 8.18. The van der Waals surface area contributed by atoms with Gasteiger partial charge in [0.15, 0.2) is 0 Å². The molecule has 0 amide bonds. The zero-order valence-electron chi connectivity index (χ0n) is 9.63. The van der Waals surface area contributed by atoms with Gasteiger partial charge in [0.05, 0.1) is 0 Å². The molecule has 1 aliphatic rings. The van der Waals surface area contributed by atoms with E-state index in [4.69, 9.17) is 10.8 Å². The summed E-state index contributed by atoms with van der Waals surface area (Å²) < 4.78 is 0. The van der Waals surface area contributed by atoms with Crippen molar-refractivity contribution in [2.45, 2.75) is 24.8 Å². The van der Waals surface area contributed by atoms with Gasteiger partial charge >= 0.3 is 5.97 Å². The number of hydrogen-bond acceptors (Lipinski definition) is 3. The molecule has 1 saturated heterocycles. The third kappa shape index (κ3) is 3.01. The molecule has 1 unspecified atom stereocenters. The highest BCUT2D eigenvalue weighted by molar-refractivity contribution is 7.99. The minimum atomic E-state index is -0.971. The molecule has 0 bridgehead atoms. The van der Waals surface area contributed by atoms with Gasteiger partial charge in [-0.15, -0.1) is 0 Å². The standard InChI is InChI=1S/C13H17NO2S/c14-12(13(15)16)11-3-1-2-10(8-11)9-4-6-17-7-5-9/h1-3,8-9,12H,4-7,14H2,(H,15,16). The average Bonchev–Trinajstić information content (AvgIpc) is 2.39. The molecule has 2 rings (SSSR count). The number of thioether (sulfide) groups is 1. The number of carboxylic acid groups (broad SMARTS) is 1. The third-order valence-corrected chi connectivity index (χ3v) is 4.28. The van der Waals surface area contributed by atoms with E-state index in [2.05, 4.69) is 6.07 Å². The van der Waals surface area contributed by atoms with E-state index in [-0.39, 0.29) is 0 Å². The van der Waals surface area contributed by atoms with Crippen LogP contribution in [-0.4, -0.2) is 22.6 Å². The molecule has 0 spiro atoms.